The number of carbonyl (C=O) groups is 2. The molecule has 0 aromatic heterocycles. The van der Waals surface area contributed by atoms with Gasteiger partial charge in [-0.25, -0.2) is 0 Å². The third-order valence-electron chi connectivity index (χ3n) is 8.38. The van der Waals surface area contributed by atoms with Gasteiger partial charge in [0.15, 0.2) is 6.10 Å². The number of hydrogen-bond acceptors (Lipinski definition) is 5. The zero-order valence-corrected chi connectivity index (χ0v) is 31.7. The van der Waals surface area contributed by atoms with E-state index in [0.717, 1.165) is 70.6 Å². The van der Waals surface area contributed by atoms with Crippen LogP contribution in [0.15, 0.2) is 48.6 Å². The first-order valence-electron chi connectivity index (χ1n) is 20.2. The van der Waals surface area contributed by atoms with E-state index in [4.69, 9.17) is 14.2 Å². The molecule has 0 saturated carbocycles. The lowest BCUT2D eigenvalue weighted by Gasteiger charge is -2.18. The number of allylic oxidation sites excluding steroid dienone is 8. The van der Waals surface area contributed by atoms with E-state index < -0.39 is 6.10 Å². The highest BCUT2D eigenvalue weighted by Crippen LogP contribution is 2.12. The third-order valence-corrected chi connectivity index (χ3v) is 8.38. The second kappa shape index (κ2) is 39.3. The number of carbonyl (C=O) groups excluding carboxylic acids is 2. The Kier molecular flexibility index (Phi) is 37.5. The molecule has 0 amide bonds. The van der Waals surface area contributed by atoms with Crippen molar-refractivity contribution >= 4 is 11.9 Å². The molecule has 0 aliphatic heterocycles. The zero-order valence-electron chi connectivity index (χ0n) is 31.7. The fourth-order valence-corrected chi connectivity index (χ4v) is 5.38. The van der Waals surface area contributed by atoms with Crippen LogP contribution >= 0.6 is 0 Å². The van der Waals surface area contributed by atoms with Crippen LogP contribution in [0.5, 0.6) is 0 Å². The van der Waals surface area contributed by atoms with E-state index >= 15 is 0 Å². The number of rotatable bonds is 36. The summed E-state index contributed by atoms with van der Waals surface area (Å²) >= 11 is 0. The Balaban J connectivity index is 4.27. The zero-order chi connectivity index (χ0) is 35.0. The Morgan fingerprint density at radius 1 is 0.479 bits per heavy atom. The summed E-state index contributed by atoms with van der Waals surface area (Å²) in [6, 6.07) is 0. The largest absolute Gasteiger partial charge is 0.462 e. The van der Waals surface area contributed by atoms with Gasteiger partial charge < -0.3 is 14.2 Å². The first-order valence-corrected chi connectivity index (χ1v) is 20.2. The molecule has 0 aliphatic carbocycles. The van der Waals surface area contributed by atoms with E-state index in [2.05, 4.69) is 69.4 Å². The summed E-state index contributed by atoms with van der Waals surface area (Å²) in [7, 11) is 0. The standard InChI is InChI=1S/C43H76O5/c1-4-7-10-13-16-19-20-21-22-23-24-26-27-30-33-36-42(44)47-40-41(39-46-38-35-32-29-18-15-12-9-6-3)48-43(45)37-34-31-28-25-17-14-11-8-5-2/h7,10,16,19,21-22,24,26,41H,4-6,8-9,11-15,17-18,20,23,25,27-40H2,1-3H3/b10-7-,19-16-,22-21-,26-24-. The van der Waals surface area contributed by atoms with Crippen molar-refractivity contribution in [3.8, 4) is 0 Å². The van der Waals surface area contributed by atoms with Crippen molar-refractivity contribution in [1.82, 2.24) is 0 Å². The van der Waals surface area contributed by atoms with Crippen LogP contribution in [0.2, 0.25) is 0 Å². The predicted octanol–water partition coefficient (Wildman–Crippen LogP) is 12.9. The third kappa shape index (κ3) is 36.7. The van der Waals surface area contributed by atoms with Gasteiger partial charge in [-0.3, -0.25) is 9.59 Å². The SMILES string of the molecule is CC/C=C\C/C=C\C/C=C\C/C=C\CCCCC(=O)OCC(COCCCCCCCCCC)OC(=O)CCCCCCCCCCC. The second-order valence-electron chi connectivity index (χ2n) is 13.2. The summed E-state index contributed by atoms with van der Waals surface area (Å²) in [6.45, 7) is 7.63. The van der Waals surface area contributed by atoms with E-state index in [9.17, 15) is 9.59 Å². The molecule has 5 heteroatoms. The van der Waals surface area contributed by atoms with E-state index in [1.54, 1.807) is 0 Å². The minimum absolute atomic E-state index is 0.0661. The normalized spacial score (nSPS) is 12.6. The molecule has 0 heterocycles. The van der Waals surface area contributed by atoms with Crippen molar-refractivity contribution in [1.29, 1.82) is 0 Å². The highest BCUT2D eigenvalue weighted by atomic mass is 16.6. The molecular weight excluding hydrogens is 596 g/mol. The highest BCUT2D eigenvalue weighted by molar-refractivity contribution is 5.70. The van der Waals surface area contributed by atoms with Gasteiger partial charge in [0.1, 0.15) is 6.61 Å². The van der Waals surface area contributed by atoms with E-state index in [0.29, 0.717) is 19.4 Å². The molecule has 5 nitrogen and oxygen atoms in total. The Bertz CT molecular complexity index is 812. The van der Waals surface area contributed by atoms with Gasteiger partial charge in [0.2, 0.25) is 0 Å². The molecule has 0 N–H and O–H groups in total. The van der Waals surface area contributed by atoms with Crippen LogP contribution < -0.4 is 0 Å². The molecule has 0 spiro atoms. The van der Waals surface area contributed by atoms with Crippen molar-refractivity contribution in [3.05, 3.63) is 48.6 Å². The van der Waals surface area contributed by atoms with Crippen molar-refractivity contribution in [2.24, 2.45) is 0 Å². The predicted molar refractivity (Wildman–Crippen MR) is 205 cm³/mol. The molecular formula is C43H76O5. The van der Waals surface area contributed by atoms with E-state index in [1.165, 1.54) is 83.5 Å². The molecule has 278 valence electrons. The first kappa shape index (κ1) is 45.9. The lowest BCUT2D eigenvalue weighted by molar-refractivity contribution is -0.163. The molecule has 0 aliphatic rings. The lowest BCUT2D eigenvalue weighted by atomic mass is 10.1. The maximum Gasteiger partial charge on any atom is 0.306 e. The Labute approximate surface area is 297 Å². The van der Waals surface area contributed by atoms with Gasteiger partial charge in [-0.2, -0.15) is 0 Å². The van der Waals surface area contributed by atoms with E-state index in [1.807, 2.05) is 0 Å². The molecule has 1 unspecified atom stereocenters. The number of ether oxygens (including phenoxy) is 3. The number of hydrogen-bond donors (Lipinski definition) is 0. The lowest BCUT2D eigenvalue weighted by Crippen LogP contribution is -2.30. The molecule has 0 radical (unpaired) electrons. The Morgan fingerprint density at radius 3 is 1.50 bits per heavy atom. The summed E-state index contributed by atoms with van der Waals surface area (Å²) in [5.74, 6) is -0.448. The van der Waals surface area contributed by atoms with Crippen LogP contribution in [-0.2, 0) is 23.8 Å². The number of esters is 2. The van der Waals surface area contributed by atoms with E-state index in [-0.39, 0.29) is 25.2 Å². The number of unbranched alkanes of at least 4 members (excludes halogenated alkanes) is 17. The van der Waals surface area contributed by atoms with Crippen LogP contribution in [0.4, 0.5) is 0 Å². The van der Waals surface area contributed by atoms with Crippen LogP contribution in [0.25, 0.3) is 0 Å². The van der Waals surface area contributed by atoms with Crippen LogP contribution in [0, 0.1) is 0 Å². The van der Waals surface area contributed by atoms with Gasteiger partial charge in [0, 0.05) is 19.4 Å². The summed E-state index contributed by atoms with van der Waals surface area (Å²) in [4.78, 5) is 25.0. The molecule has 0 saturated heterocycles. The summed E-state index contributed by atoms with van der Waals surface area (Å²) in [5.41, 5.74) is 0. The van der Waals surface area contributed by atoms with Crippen LogP contribution in [-0.4, -0.2) is 37.9 Å². The van der Waals surface area contributed by atoms with Gasteiger partial charge >= 0.3 is 11.9 Å². The minimum Gasteiger partial charge on any atom is -0.462 e. The molecule has 0 rings (SSSR count). The van der Waals surface area contributed by atoms with Crippen molar-refractivity contribution < 1.29 is 23.8 Å². The molecule has 0 fully saturated rings. The Hall–Kier alpha value is -2.14. The second-order valence-corrected chi connectivity index (χ2v) is 13.2. The van der Waals surface area contributed by atoms with Gasteiger partial charge in [-0.1, -0.05) is 166 Å². The summed E-state index contributed by atoms with van der Waals surface area (Å²) < 4.78 is 17.1. The van der Waals surface area contributed by atoms with Gasteiger partial charge in [-0.05, 0) is 57.8 Å². The quantitative estimate of drug-likeness (QED) is 0.0376. The minimum atomic E-state index is -0.543. The van der Waals surface area contributed by atoms with Crippen LogP contribution in [0.1, 0.15) is 188 Å². The van der Waals surface area contributed by atoms with Crippen LogP contribution in [0.3, 0.4) is 0 Å². The molecule has 48 heavy (non-hydrogen) atoms. The maximum absolute atomic E-state index is 12.6. The summed E-state index contributed by atoms with van der Waals surface area (Å²) in [6.07, 6.45) is 45.3. The van der Waals surface area contributed by atoms with Gasteiger partial charge in [-0.15, -0.1) is 0 Å². The van der Waals surface area contributed by atoms with Gasteiger partial charge in [0.05, 0.1) is 6.61 Å². The monoisotopic (exact) mass is 673 g/mol. The molecule has 0 aromatic rings. The topological polar surface area (TPSA) is 61.8 Å². The average molecular weight is 673 g/mol. The molecule has 0 aromatic carbocycles. The first-order chi connectivity index (χ1) is 23.6. The van der Waals surface area contributed by atoms with Crippen molar-refractivity contribution in [2.75, 3.05) is 19.8 Å². The van der Waals surface area contributed by atoms with Crippen molar-refractivity contribution in [2.45, 2.75) is 194 Å². The van der Waals surface area contributed by atoms with Crippen molar-refractivity contribution in [3.63, 3.8) is 0 Å². The smallest absolute Gasteiger partial charge is 0.306 e. The average Bonchev–Trinajstić information content (AvgIpc) is 3.08. The fraction of sp³-hybridized carbons (Fsp3) is 0.767. The molecule has 1 atom stereocenters. The Morgan fingerprint density at radius 2 is 0.938 bits per heavy atom. The highest BCUT2D eigenvalue weighted by Gasteiger charge is 2.17. The summed E-state index contributed by atoms with van der Waals surface area (Å²) in [5, 5.41) is 0. The maximum atomic E-state index is 12.6. The molecule has 0 bridgehead atoms. The van der Waals surface area contributed by atoms with Gasteiger partial charge in [0.25, 0.3) is 0 Å². The fourth-order valence-electron chi connectivity index (χ4n) is 5.38.